The molecule has 5 heteroatoms. The van der Waals surface area contributed by atoms with Crippen molar-refractivity contribution in [1.82, 2.24) is 10.2 Å². The fourth-order valence-corrected chi connectivity index (χ4v) is 2.71. The van der Waals surface area contributed by atoms with Gasteiger partial charge in [-0.2, -0.15) is 0 Å². The summed E-state index contributed by atoms with van der Waals surface area (Å²) < 4.78 is 18.0. The Balaban J connectivity index is 1.97. The number of likely N-dealkylation sites (tertiary alicyclic amines) is 1. The van der Waals surface area contributed by atoms with Crippen molar-refractivity contribution in [2.75, 3.05) is 33.4 Å². The summed E-state index contributed by atoms with van der Waals surface area (Å²) in [5.74, 6) is 0.0582. The number of benzene rings is 1. The van der Waals surface area contributed by atoms with Gasteiger partial charge >= 0.3 is 6.03 Å². The van der Waals surface area contributed by atoms with E-state index in [2.05, 4.69) is 5.32 Å². The van der Waals surface area contributed by atoms with Crippen LogP contribution in [0.3, 0.4) is 0 Å². The Morgan fingerprint density at radius 2 is 2.14 bits per heavy atom. The van der Waals surface area contributed by atoms with Crippen molar-refractivity contribution in [1.29, 1.82) is 0 Å². The molecule has 1 saturated heterocycles. The molecule has 1 heterocycles. The molecule has 0 aliphatic carbocycles. The van der Waals surface area contributed by atoms with Gasteiger partial charge in [-0.1, -0.05) is 18.6 Å². The average molecular weight is 294 g/mol. The first-order valence-electron chi connectivity index (χ1n) is 7.48. The van der Waals surface area contributed by atoms with E-state index in [1.54, 1.807) is 7.11 Å². The van der Waals surface area contributed by atoms with Gasteiger partial charge in [-0.3, -0.25) is 0 Å². The zero-order valence-electron chi connectivity index (χ0n) is 12.5. The number of methoxy groups -OCH3 is 1. The fraction of sp³-hybridized carbons (Fsp3) is 0.562. The van der Waals surface area contributed by atoms with Gasteiger partial charge in [0.25, 0.3) is 0 Å². The molecule has 2 amide bonds. The Bertz CT molecular complexity index is 450. The minimum atomic E-state index is -0.221. The maximum atomic E-state index is 13.0. The molecule has 0 radical (unpaired) electrons. The molecule has 0 saturated carbocycles. The van der Waals surface area contributed by atoms with Gasteiger partial charge < -0.3 is 15.0 Å². The maximum Gasteiger partial charge on any atom is 0.317 e. The number of urea groups is 1. The number of hydrogen-bond donors (Lipinski definition) is 1. The number of carbonyl (C=O) groups excluding carboxylic acids is 1. The average Bonchev–Trinajstić information content (AvgIpc) is 2.74. The van der Waals surface area contributed by atoms with Gasteiger partial charge in [-0.25, -0.2) is 9.18 Å². The van der Waals surface area contributed by atoms with Gasteiger partial charge in [-0.05, 0) is 30.5 Å². The second-order valence-corrected chi connectivity index (χ2v) is 5.42. The number of rotatable bonds is 4. The topological polar surface area (TPSA) is 41.6 Å². The summed E-state index contributed by atoms with van der Waals surface area (Å²) in [6, 6.07) is 6.59. The molecule has 0 unspecified atom stereocenters. The molecule has 1 atom stereocenters. The Morgan fingerprint density at radius 3 is 2.86 bits per heavy atom. The molecule has 1 fully saturated rings. The van der Waals surface area contributed by atoms with E-state index in [1.807, 2.05) is 17.0 Å². The van der Waals surface area contributed by atoms with Crippen LogP contribution in [-0.4, -0.2) is 44.3 Å². The minimum Gasteiger partial charge on any atom is -0.383 e. The minimum absolute atomic E-state index is 0.0407. The van der Waals surface area contributed by atoms with E-state index < -0.39 is 0 Å². The zero-order chi connectivity index (χ0) is 15.1. The van der Waals surface area contributed by atoms with Crippen LogP contribution >= 0.6 is 0 Å². The molecule has 116 valence electrons. The molecular weight excluding hydrogens is 271 g/mol. The lowest BCUT2D eigenvalue weighted by atomic mass is 9.94. The number of nitrogens with zero attached hydrogens (tertiary/aromatic N) is 1. The van der Waals surface area contributed by atoms with Crippen LogP contribution in [0.5, 0.6) is 0 Å². The second kappa shape index (κ2) is 7.98. The molecule has 1 aromatic carbocycles. The molecule has 1 aliphatic rings. The van der Waals surface area contributed by atoms with E-state index in [4.69, 9.17) is 4.74 Å². The van der Waals surface area contributed by atoms with Crippen molar-refractivity contribution < 1.29 is 13.9 Å². The van der Waals surface area contributed by atoms with E-state index in [1.165, 1.54) is 12.1 Å². The van der Waals surface area contributed by atoms with Crippen molar-refractivity contribution in [3.63, 3.8) is 0 Å². The third-order valence-electron chi connectivity index (χ3n) is 3.88. The van der Waals surface area contributed by atoms with E-state index in [0.717, 1.165) is 31.4 Å². The Hall–Kier alpha value is -1.62. The monoisotopic (exact) mass is 294 g/mol. The first-order valence-corrected chi connectivity index (χ1v) is 7.48. The van der Waals surface area contributed by atoms with Crippen molar-refractivity contribution in [3.8, 4) is 0 Å². The molecule has 0 aromatic heterocycles. The highest BCUT2D eigenvalue weighted by atomic mass is 19.1. The number of carbonyl (C=O) groups is 1. The molecule has 21 heavy (non-hydrogen) atoms. The molecule has 0 bridgehead atoms. The number of halogens is 1. The standard InChI is InChI=1S/C16H23FN2O2/c1-21-11-9-18-16(20)19-10-3-2-4-14(12-19)13-5-7-15(17)8-6-13/h5-8,14H,2-4,9-12H2,1H3,(H,18,20)/t14-/m0/s1. The highest BCUT2D eigenvalue weighted by Gasteiger charge is 2.22. The number of ether oxygens (including phenoxy) is 1. The first kappa shape index (κ1) is 15.8. The highest BCUT2D eigenvalue weighted by Crippen LogP contribution is 2.26. The fourth-order valence-electron chi connectivity index (χ4n) is 2.71. The van der Waals surface area contributed by atoms with Gasteiger partial charge in [-0.15, -0.1) is 0 Å². The third kappa shape index (κ3) is 4.70. The first-order chi connectivity index (χ1) is 10.2. The van der Waals surface area contributed by atoms with Crippen LogP contribution in [0, 0.1) is 5.82 Å². The Kier molecular flexibility index (Phi) is 5.99. The van der Waals surface area contributed by atoms with Gasteiger partial charge in [0, 0.05) is 32.7 Å². The van der Waals surface area contributed by atoms with Crippen molar-refractivity contribution in [2.24, 2.45) is 0 Å². The molecule has 2 rings (SSSR count). The van der Waals surface area contributed by atoms with Crippen LogP contribution in [0.4, 0.5) is 9.18 Å². The van der Waals surface area contributed by atoms with Crippen LogP contribution in [0.1, 0.15) is 30.7 Å². The van der Waals surface area contributed by atoms with Gasteiger partial charge in [0.15, 0.2) is 0 Å². The number of amides is 2. The van der Waals surface area contributed by atoms with E-state index in [9.17, 15) is 9.18 Å². The van der Waals surface area contributed by atoms with Gasteiger partial charge in [0.05, 0.1) is 6.61 Å². The summed E-state index contributed by atoms with van der Waals surface area (Å²) in [5, 5.41) is 2.86. The van der Waals surface area contributed by atoms with Crippen molar-refractivity contribution >= 4 is 6.03 Å². The summed E-state index contributed by atoms with van der Waals surface area (Å²) >= 11 is 0. The van der Waals surface area contributed by atoms with E-state index in [0.29, 0.717) is 19.7 Å². The van der Waals surface area contributed by atoms with E-state index >= 15 is 0 Å². The molecule has 4 nitrogen and oxygen atoms in total. The molecule has 1 N–H and O–H groups in total. The predicted octanol–water partition coefficient (Wildman–Crippen LogP) is 2.75. The van der Waals surface area contributed by atoms with Crippen molar-refractivity contribution in [3.05, 3.63) is 35.6 Å². The molecule has 1 aromatic rings. The number of hydrogen-bond acceptors (Lipinski definition) is 2. The van der Waals surface area contributed by atoms with Crippen molar-refractivity contribution in [2.45, 2.75) is 25.2 Å². The lowest BCUT2D eigenvalue weighted by Gasteiger charge is -2.25. The maximum absolute atomic E-state index is 13.0. The largest absolute Gasteiger partial charge is 0.383 e. The Morgan fingerprint density at radius 1 is 1.38 bits per heavy atom. The van der Waals surface area contributed by atoms with Crippen LogP contribution < -0.4 is 5.32 Å². The summed E-state index contributed by atoms with van der Waals surface area (Å²) in [7, 11) is 1.61. The quantitative estimate of drug-likeness (QED) is 0.868. The van der Waals surface area contributed by atoms with E-state index in [-0.39, 0.29) is 17.8 Å². The summed E-state index contributed by atoms with van der Waals surface area (Å²) in [4.78, 5) is 14.0. The summed E-state index contributed by atoms with van der Waals surface area (Å²) in [6.45, 7) is 2.50. The number of nitrogens with one attached hydrogen (secondary N) is 1. The predicted molar refractivity (Wildman–Crippen MR) is 79.8 cm³/mol. The lowest BCUT2D eigenvalue weighted by Crippen LogP contribution is -2.42. The lowest BCUT2D eigenvalue weighted by molar-refractivity contribution is 0.179. The smallest absolute Gasteiger partial charge is 0.317 e. The molecular formula is C16H23FN2O2. The highest BCUT2D eigenvalue weighted by molar-refractivity contribution is 5.74. The normalized spacial score (nSPS) is 19.1. The second-order valence-electron chi connectivity index (χ2n) is 5.42. The summed E-state index contributed by atoms with van der Waals surface area (Å²) in [5.41, 5.74) is 1.10. The van der Waals surface area contributed by atoms with Crippen LogP contribution in [-0.2, 0) is 4.74 Å². The third-order valence-corrected chi connectivity index (χ3v) is 3.88. The van der Waals surface area contributed by atoms with Gasteiger partial charge in [0.1, 0.15) is 5.82 Å². The SMILES string of the molecule is COCCNC(=O)N1CCCC[C@H](c2ccc(F)cc2)C1. The molecule has 0 spiro atoms. The van der Waals surface area contributed by atoms with Gasteiger partial charge in [0.2, 0.25) is 0 Å². The van der Waals surface area contributed by atoms with Crippen LogP contribution in [0.25, 0.3) is 0 Å². The summed E-state index contributed by atoms with van der Waals surface area (Å²) in [6.07, 6.45) is 3.13. The zero-order valence-corrected chi connectivity index (χ0v) is 12.5. The van der Waals surface area contributed by atoms with Crippen LogP contribution in [0.15, 0.2) is 24.3 Å². The molecule has 1 aliphatic heterocycles. The Labute approximate surface area is 125 Å². The van der Waals surface area contributed by atoms with Crippen LogP contribution in [0.2, 0.25) is 0 Å².